The van der Waals surface area contributed by atoms with Gasteiger partial charge in [0, 0.05) is 62.3 Å². The molecule has 1 aliphatic heterocycles. The van der Waals surface area contributed by atoms with Gasteiger partial charge in [-0.05, 0) is 94.3 Å². The van der Waals surface area contributed by atoms with E-state index in [0.29, 0.717) is 13.1 Å². The first-order valence-electron chi connectivity index (χ1n) is 12.8. The van der Waals surface area contributed by atoms with Crippen LogP contribution in [0.3, 0.4) is 0 Å². The fourth-order valence-corrected chi connectivity index (χ4v) is 4.67. The topological polar surface area (TPSA) is 73.5 Å². The fourth-order valence-electron chi connectivity index (χ4n) is 4.67. The van der Waals surface area contributed by atoms with Gasteiger partial charge in [0.15, 0.2) is 0 Å². The van der Waals surface area contributed by atoms with Crippen molar-refractivity contribution in [2.24, 2.45) is 0 Å². The van der Waals surface area contributed by atoms with Crippen LogP contribution in [0.2, 0.25) is 0 Å². The molecule has 0 unspecified atom stereocenters. The van der Waals surface area contributed by atoms with Crippen LogP contribution in [0, 0.1) is 20.8 Å². The molecule has 192 valence electrons. The van der Waals surface area contributed by atoms with Crippen molar-refractivity contribution < 1.29 is 4.74 Å². The molecular weight excluding hydrogens is 450 g/mol. The second kappa shape index (κ2) is 11.3. The summed E-state index contributed by atoms with van der Waals surface area (Å²) in [4.78, 5) is 24.8. The highest BCUT2D eigenvalue weighted by atomic mass is 16.5. The monoisotopic (exact) mass is 489 g/mol. The maximum Gasteiger partial charge on any atom is 0.252 e. The summed E-state index contributed by atoms with van der Waals surface area (Å²) in [5.41, 5.74) is 7.03. The molecule has 0 atom stereocenters. The van der Waals surface area contributed by atoms with Gasteiger partial charge in [0.1, 0.15) is 11.6 Å². The lowest BCUT2D eigenvalue weighted by Crippen LogP contribution is -2.44. The van der Waals surface area contributed by atoms with Crippen LogP contribution in [0.15, 0.2) is 41.3 Å². The number of H-pyrrole nitrogens is 1. The molecule has 3 aromatic rings. The average Bonchev–Trinajstić information content (AvgIpc) is 2.83. The molecule has 0 saturated carbocycles. The molecule has 0 aliphatic carbocycles. The van der Waals surface area contributed by atoms with Crippen LogP contribution >= 0.6 is 0 Å². The summed E-state index contributed by atoms with van der Waals surface area (Å²) in [6.07, 6.45) is 2.04. The van der Waals surface area contributed by atoms with Crippen LogP contribution in [-0.4, -0.2) is 54.2 Å². The fraction of sp³-hybridized carbons (Fsp3) is 0.448. The second-order valence-corrected chi connectivity index (χ2v) is 10.2. The van der Waals surface area contributed by atoms with E-state index in [2.05, 4.69) is 58.3 Å². The van der Waals surface area contributed by atoms with Crippen molar-refractivity contribution in [1.29, 1.82) is 0 Å². The van der Waals surface area contributed by atoms with Gasteiger partial charge in [0.25, 0.3) is 5.56 Å². The zero-order valence-electron chi connectivity index (χ0n) is 22.4. The predicted octanol–water partition coefficient (Wildman–Crippen LogP) is 4.19. The molecule has 1 aromatic carbocycles. The SMILES string of the molecule is Cc1cc(C)c(CNCc2cc(-c3ccc(N4CCN(C)CC4)nc3)cc(OC(C)C)c2C)c(=O)[nH]1. The summed E-state index contributed by atoms with van der Waals surface area (Å²) >= 11 is 0. The Morgan fingerprint density at radius 1 is 1.03 bits per heavy atom. The molecule has 0 bridgehead atoms. The Labute approximate surface area is 214 Å². The summed E-state index contributed by atoms with van der Waals surface area (Å²) in [5, 5.41) is 3.47. The highest BCUT2D eigenvalue weighted by Crippen LogP contribution is 2.31. The predicted molar refractivity (Wildman–Crippen MR) is 147 cm³/mol. The molecule has 7 nitrogen and oxygen atoms in total. The van der Waals surface area contributed by atoms with Gasteiger partial charge in [-0.3, -0.25) is 4.79 Å². The van der Waals surface area contributed by atoms with Crippen molar-refractivity contribution >= 4 is 5.82 Å². The first-order chi connectivity index (χ1) is 17.2. The molecule has 0 spiro atoms. The average molecular weight is 490 g/mol. The molecule has 1 aliphatic rings. The lowest BCUT2D eigenvalue weighted by Gasteiger charge is -2.33. The number of aromatic nitrogens is 2. The Bertz CT molecular complexity index is 1240. The number of ether oxygens (including phenoxy) is 1. The van der Waals surface area contributed by atoms with Crippen LogP contribution in [0.5, 0.6) is 5.75 Å². The number of hydrogen-bond acceptors (Lipinski definition) is 6. The van der Waals surface area contributed by atoms with Gasteiger partial charge in [-0.25, -0.2) is 4.98 Å². The minimum absolute atomic E-state index is 0.0270. The van der Waals surface area contributed by atoms with Crippen LogP contribution in [0.1, 0.15) is 41.8 Å². The third-order valence-electron chi connectivity index (χ3n) is 6.85. The van der Waals surface area contributed by atoms with Crippen LogP contribution in [-0.2, 0) is 13.1 Å². The van der Waals surface area contributed by atoms with Crippen molar-refractivity contribution in [2.45, 2.75) is 53.8 Å². The van der Waals surface area contributed by atoms with Crippen molar-refractivity contribution in [1.82, 2.24) is 20.2 Å². The molecule has 1 saturated heterocycles. The second-order valence-electron chi connectivity index (χ2n) is 10.2. The molecule has 0 radical (unpaired) electrons. The Morgan fingerprint density at radius 2 is 1.78 bits per heavy atom. The Balaban J connectivity index is 1.56. The van der Waals surface area contributed by atoms with Gasteiger partial charge in [-0.15, -0.1) is 0 Å². The number of anilines is 1. The zero-order valence-corrected chi connectivity index (χ0v) is 22.4. The van der Waals surface area contributed by atoms with Crippen LogP contribution < -0.4 is 20.5 Å². The lowest BCUT2D eigenvalue weighted by atomic mass is 9.99. The van der Waals surface area contributed by atoms with Crippen molar-refractivity contribution in [3.63, 3.8) is 0 Å². The Hall–Kier alpha value is -3.16. The first kappa shape index (κ1) is 25.9. The minimum Gasteiger partial charge on any atom is -0.491 e. The number of hydrogen-bond donors (Lipinski definition) is 2. The molecule has 4 rings (SSSR count). The Kier molecular flexibility index (Phi) is 8.11. The number of pyridine rings is 2. The normalized spacial score (nSPS) is 14.5. The first-order valence-corrected chi connectivity index (χ1v) is 12.8. The van der Waals surface area contributed by atoms with E-state index in [0.717, 1.165) is 76.8 Å². The molecular formula is C29H39N5O2. The van der Waals surface area contributed by atoms with E-state index in [9.17, 15) is 4.79 Å². The van der Waals surface area contributed by atoms with Gasteiger partial charge in [-0.1, -0.05) is 0 Å². The van der Waals surface area contributed by atoms with Gasteiger partial charge in [0.2, 0.25) is 0 Å². The summed E-state index contributed by atoms with van der Waals surface area (Å²) in [5.74, 6) is 1.91. The van der Waals surface area contributed by atoms with E-state index in [1.807, 2.05) is 40.0 Å². The number of rotatable bonds is 8. The van der Waals surface area contributed by atoms with Crippen LogP contribution in [0.4, 0.5) is 5.82 Å². The quantitative estimate of drug-likeness (QED) is 0.494. The number of piperazine rings is 1. The van der Waals surface area contributed by atoms with Gasteiger partial charge in [0.05, 0.1) is 6.10 Å². The van der Waals surface area contributed by atoms with Crippen LogP contribution in [0.25, 0.3) is 11.1 Å². The van der Waals surface area contributed by atoms with Gasteiger partial charge < -0.3 is 24.8 Å². The molecule has 1 fully saturated rings. The Morgan fingerprint density at radius 3 is 2.42 bits per heavy atom. The van der Waals surface area contributed by atoms with E-state index in [4.69, 9.17) is 9.72 Å². The molecule has 0 amide bonds. The number of nitrogens with one attached hydrogen (secondary N) is 2. The lowest BCUT2D eigenvalue weighted by molar-refractivity contribution is 0.240. The maximum absolute atomic E-state index is 12.4. The van der Waals surface area contributed by atoms with Gasteiger partial charge >= 0.3 is 0 Å². The summed E-state index contributed by atoms with van der Waals surface area (Å²) in [6.45, 7) is 15.3. The van der Waals surface area contributed by atoms with Crippen molar-refractivity contribution in [3.8, 4) is 16.9 Å². The van der Waals surface area contributed by atoms with E-state index in [1.165, 1.54) is 0 Å². The smallest absolute Gasteiger partial charge is 0.252 e. The molecule has 2 aromatic heterocycles. The van der Waals surface area contributed by atoms with Crippen molar-refractivity contribution in [2.75, 3.05) is 38.1 Å². The van der Waals surface area contributed by atoms with Gasteiger partial charge in [-0.2, -0.15) is 0 Å². The standard InChI is InChI=1S/C29H39N5O2/c1-19(2)36-27-15-24(23-7-8-28(31-17-23)34-11-9-33(6)10-12-34)14-25(22(27)5)16-30-18-26-20(3)13-21(4)32-29(26)35/h7-8,13-15,17,19,30H,9-12,16,18H2,1-6H3,(H,32,35). The van der Waals surface area contributed by atoms with E-state index in [1.54, 1.807) is 0 Å². The molecule has 7 heteroatoms. The third kappa shape index (κ3) is 6.15. The summed E-state index contributed by atoms with van der Waals surface area (Å²) in [6, 6.07) is 10.6. The maximum atomic E-state index is 12.4. The minimum atomic E-state index is -0.0270. The summed E-state index contributed by atoms with van der Waals surface area (Å²) in [7, 11) is 2.16. The zero-order chi connectivity index (χ0) is 25.8. The van der Waals surface area contributed by atoms with E-state index in [-0.39, 0.29) is 11.7 Å². The number of aromatic amines is 1. The van der Waals surface area contributed by atoms with E-state index >= 15 is 0 Å². The number of likely N-dealkylation sites (N-methyl/N-ethyl adjacent to an activating group) is 1. The number of benzene rings is 1. The molecule has 36 heavy (non-hydrogen) atoms. The number of nitrogens with zero attached hydrogens (tertiary/aromatic N) is 3. The largest absolute Gasteiger partial charge is 0.491 e. The van der Waals surface area contributed by atoms with Crippen molar-refractivity contribution in [3.05, 3.63) is 74.8 Å². The van der Waals surface area contributed by atoms with E-state index < -0.39 is 0 Å². The number of aryl methyl sites for hydroxylation is 2. The summed E-state index contributed by atoms with van der Waals surface area (Å²) < 4.78 is 6.18. The highest BCUT2D eigenvalue weighted by Gasteiger charge is 2.16. The molecule has 2 N–H and O–H groups in total. The highest BCUT2D eigenvalue weighted by molar-refractivity contribution is 5.68. The molecule has 3 heterocycles. The third-order valence-corrected chi connectivity index (χ3v) is 6.85.